The van der Waals surface area contributed by atoms with Crippen LogP contribution in [0.4, 0.5) is 4.39 Å². The minimum atomic E-state index is -0.310. The van der Waals surface area contributed by atoms with Crippen LogP contribution in [0.25, 0.3) is 11.4 Å². The van der Waals surface area contributed by atoms with Crippen molar-refractivity contribution in [1.29, 1.82) is 0 Å². The van der Waals surface area contributed by atoms with Gasteiger partial charge in [-0.25, -0.2) is 14.4 Å². The quantitative estimate of drug-likeness (QED) is 0.609. The molecule has 0 unspecified atom stereocenters. The molecule has 1 aromatic heterocycles. The van der Waals surface area contributed by atoms with Crippen molar-refractivity contribution >= 4 is 0 Å². The number of benzene rings is 1. The van der Waals surface area contributed by atoms with Crippen molar-refractivity contribution in [2.45, 2.75) is 70.6 Å². The van der Waals surface area contributed by atoms with Gasteiger partial charge in [0.1, 0.15) is 5.82 Å². The molecule has 1 aromatic carbocycles. The van der Waals surface area contributed by atoms with Crippen LogP contribution in [-0.4, -0.2) is 21.7 Å². The molecule has 0 bridgehead atoms. The zero-order valence-electron chi connectivity index (χ0n) is 16.3. The van der Waals surface area contributed by atoms with Crippen molar-refractivity contribution in [2.24, 2.45) is 5.92 Å². The van der Waals surface area contributed by atoms with Gasteiger partial charge in [0.05, 0.1) is 0 Å². The van der Waals surface area contributed by atoms with Crippen LogP contribution in [-0.2, 0) is 6.42 Å². The highest BCUT2D eigenvalue weighted by Gasteiger charge is 2.22. The molecule has 1 aliphatic carbocycles. The van der Waals surface area contributed by atoms with Crippen LogP contribution in [0.5, 0.6) is 0 Å². The number of halogens is 1. The minimum Gasteiger partial charge on any atom is -0.396 e. The third-order valence-electron chi connectivity index (χ3n) is 5.90. The Bertz CT molecular complexity index is 709. The summed E-state index contributed by atoms with van der Waals surface area (Å²) in [5, 5.41) is 8.96. The number of aliphatic hydroxyl groups is 1. The van der Waals surface area contributed by atoms with Crippen LogP contribution in [0.3, 0.4) is 0 Å². The first-order valence-electron chi connectivity index (χ1n) is 10.4. The van der Waals surface area contributed by atoms with Gasteiger partial charge in [0.25, 0.3) is 0 Å². The van der Waals surface area contributed by atoms with Gasteiger partial charge >= 0.3 is 0 Å². The van der Waals surface area contributed by atoms with Crippen molar-refractivity contribution in [3.8, 4) is 11.4 Å². The van der Waals surface area contributed by atoms with Gasteiger partial charge in [0.2, 0.25) is 0 Å². The van der Waals surface area contributed by atoms with E-state index in [0.29, 0.717) is 29.3 Å². The number of aromatic nitrogens is 2. The van der Waals surface area contributed by atoms with Gasteiger partial charge in [-0.2, -0.15) is 0 Å². The Balaban J connectivity index is 1.59. The van der Waals surface area contributed by atoms with Crippen molar-refractivity contribution in [1.82, 2.24) is 9.97 Å². The number of hydrogen-bond acceptors (Lipinski definition) is 3. The smallest absolute Gasteiger partial charge is 0.159 e. The molecule has 1 saturated carbocycles. The van der Waals surface area contributed by atoms with Crippen molar-refractivity contribution < 1.29 is 9.50 Å². The fourth-order valence-electron chi connectivity index (χ4n) is 4.17. The zero-order valence-corrected chi connectivity index (χ0v) is 16.3. The molecular formula is C23H31FN2O. The summed E-state index contributed by atoms with van der Waals surface area (Å²) in [5.74, 6) is 1.70. The molecule has 3 rings (SSSR count). The van der Waals surface area contributed by atoms with E-state index in [4.69, 9.17) is 5.11 Å². The second-order valence-electron chi connectivity index (χ2n) is 7.83. The zero-order chi connectivity index (χ0) is 19.1. The molecule has 0 spiro atoms. The number of hydrogen-bond donors (Lipinski definition) is 1. The van der Waals surface area contributed by atoms with E-state index < -0.39 is 0 Å². The Morgan fingerprint density at radius 3 is 2.44 bits per heavy atom. The largest absolute Gasteiger partial charge is 0.396 e. The number of unbranched alkanes of at least 4 members (excludes halogenated alkanes) is 2. The maximum atomic E-state index is 14.1. The van der Waals surface area contributed by atoms with Gasteiger partial charge in [0.15, 0.2) is 5.82 Å². The lowest BCUT2D eigenvalue weighted by Gasteiger charge is -2.28. The van der Waals surface area contributed by atoms with Gasteiger partial charge in [-0.05, 0) is 61.1 Å². The normalized spacial score (nSPS) is 20.0. The van der Waals surface area contributed by atoms with E-state index in [0.717, 1.165) is 5.92 Å². The predicted molar refractivity (Wildman–Crippen MR) is 107 cm³/mol. The van der Waals surface area contributed by atoms with E-state index in [-0.39, 0.29) is 12.4 Å². The summed E-state index contributed by atoms with van der Waals surface area (Å²) >= 11 is 0. The van der Waals surface area contributed by atoms with E-state index in [1.54, 1.807) is 6.07 Å². The molecular weight excluding hydrogens is 339 g/mol. The van der Waals surface area contributed by atoms with Gasteiger partial charge < -0.3 is 5.11 Å². The van der Waals surface area contributed by atoms with Gasteiger partial charge in [0, 0.05) is 24.6 Å². The SMILES string of the molecule is CCCCCC1CCC(c2cnc(-c3ccc(CCO)c(F)c3)nc2)CC1. The molecule has 1 heterocycles. The molecule has 3 nitrogen and oxygen atoms in total. The Morgan fingerprint density at radius 1 is 1.07 bits per heavy atom. The average Bonchev–Trinajstić information content (AvgIpc) is 2.71. The van der Waals surface area contributed by atoms with Crippen molar-refractivity contribution in [2.75, 3.05) is 6.61 Å². The summed E-state index contributed by atoms with van der Waals surface area (Å²) < 4.78 is 14.1. The molecule has 0 saturated heterocycles. The van der Waals surface area contributed by atoms with Crippen LogP contribution >= 0.6 is 0 Å². The minimum absolute atomic E-state index is 0.0533. The molecule has 0 atom stereocenters. The molecule has 4 heteroatoms. The van der Waals surface area contributed by atoms with Crippen molar-refractivity contribution in [3.63, 3.8) is 0 Å². The van der Waals surface area contributed by atoms with Gasteiger partial charge in [-0.3, -0.25) is 0 Å². The summed E-state index contributed by atoms with van der Waals surface area (Å²) in [6.07, 6.45) is 14.7. The lowest BCUT2D eigenvalue weighted by molar-refractivity contribution is 0.297. The Morgan fingerprint density at radius 2 is 1.81 bits per heavy atom. The molecule has 1 aliphatic rings. The maximum Gasteiger partial charge on any atom is 0.159 e. The molecule has 0 amide bonds. The highest BCUT2D eigenvalue weighted by molar-refractivity contribution is 5.55. The summed E-state index contributed by atoms with van der Waals surface area (Å²) in [5.41, 5.74) is 2.41. The number of nitrogens with zero attached hydrogens (tertiary/aromatic N) is 2. The Kier molecular flexibility index (Phi) is 7.33. The van der Waals surface area contributed by atoms with Crippen LogP contribution < -0.4 is 0 Å². The highest BCUT2D eigenvalue weighted by atomic mass is 19.1. The summed E-state index contributed by atoms with van der Waals surface area (Å²) in [7, 11) is 0. The third kappa shape index (κ3) is 5.35. The number of aliphatic hydroxyl groups excluding tert-OH is 1. The van der Waals surface area contributed by atoms with Crippen LogP contribution in [0.1, 0.15) is 75.3 Å². The Hall–Kier alpha value is -1.81. The fraction of sp³-hybridized carbons (Fsp3) is 0.565. The second kappa shape index (κ2) is 9.93. The molecule has 1 fully saturated rings. The molecule has 0 radical (unpaired) electrons. The second-order valence-corrected chi connectivity index (χ2v) is 7.83. The number of rotatable bonds is 8. The van der Waals surface area contributed by atoms with E-state index in [9.17, 15) is 4.39 Å². The monoisotopic (exact) mass is 370 g/mol. The predicted octanol–water partition coefficient (Wildman–Crippen LogP) is 5.67. The molecule has 0 aliphatic heterocycles. The van der Waals surface area contributed by atoms with Gasteiger partial charge in [-0.15, -0.1) is 0 Å². The third-order valence-corrected chi connectivity index (χ3v) is 5.90. The van der Waals surface area contributed by atoms with E-state index >= 15 is 0 Å². The first kappa shape index (κ1) is 19.9. The van der Waals surface area contributed by atoms with E-state index in [2.05, 4.69) is 16.9 Å². The standard InChI is InChI=1S/C23H31FN2O/c1-2-3-4-5-17-6-8-18(9-7-17)21-15-25-23(26-16-21)20-11-10-19(12-13-27)22(24)14-20/h10-11,14-18,27H,2-9,12-13H2,1H3. The van der Waals surface area contributed by atoms with E-state index in [1.807, 2.05) is 18.5 Å². The van der Waals surface area contributed by atoms with E-state index in [1.165, 1.54) is 63.0 Å². The first-order chi connectivity index (χ1) is 13.2. The van der Waals surface area contributed by atoms with Crippen molar-refractivity contribution in [3.05, 3.63) is 47.5 Å². The maximum absolute atomic E-state index is 14.1. The molecule has 2 aromatic rings. The van der Waals surface area contributed by atoms with Crippen LogP contribution in [0.2, 0.25) is 0 Å². The summed E-state index contributed by atoms with van der Waals surface area (Å²) in [6.45, 7) is 2.21. The molecule has 1 N–H and O–H groups in total. The average molecular weight is 371 g/mol. The van der Waals surface area contributed by atoms with Gasteiger partial charge in [-0.1, -0.05) is 44.7 Å². The molecule has 146 valence electrons. The van der Waals surface area contributed by atoms with Crippen LogP contribution in [0.15, 0.2) is 30.6 Å². The topological polar surface area (TPSA) is 46.0 Å². The summed E-state index contributed by atoms with van der Waals surface area (Å²) in [4.78, 5) is 8.99. The highest BCUT2D eigenvalue weighted by Crippen LogP contribution is 2.37. The summed E-state index contributed by atoms with van der Waals surface area (Å²) in [6, 6.07) is 4.99. The lowest BCUT2D eigenvalue weighted by Crippen LogP contribution is -2.14. The first-order valence-corrected chi connectivity index (χ1v) is 10.4. The molecule has 27 heavy (non-hydrogen) atoms. The fourth-order valence-corrected chi connectivity index (χ4v) is 4.17. The lowest BCUT2D eigenvalue weighted by atomic mass is 9.77. The Labute approximate surface area is 162 Å². The van der Waals surface area contributed by atoms with Crippen LogP contribution in [0, 0.1) is 11.7 Å².